The summed E-state index contributed by atoms with van der Waals surface area (Å²) in [5.74, 6) is 1.25. The van der Waals surface area contributed by atoms with Crippen LogP contribution >= 0.6 is 0 Å². The Labute approximate surface area is 70.4 Å². The topological polar surface area (TPSA) is 29.5 Å². The van der Waals surface area contributed by atoms with Crippen molar-refractivity contribution >= 4 is 10.2 Å². The maximum Gasteiger partial charge on any atom is 0.0861 e. The minimum atomic E-state index is -0.152. The fourth-order valence-corrected chi connectivity index (χ4v) is 4.20. The summed E-state index contributed by atoms with van der Waals surface area (Å²) in [6, 6.07) is 0. The van der Waals surface area contributed by atoms with Crippen LogP contribution in [0.25, 0.3) is 0 Å². The largest absolute Gasteiger partial charge is 0.390 e. The van der Waals surface area contributed by atoms with Crippen LogP contribution < -0.4 is 0 Å². The van der Waals surface area contributed by atoms with E-state index in [9.17, 15) is 5.11 Å². The first-order valence-corrected chi connectivity index (χ1v) is 5.60. The summed E-state index contributed by atoms with van der Waals surface area (Å²) in [7, 11) is 2.96. The molecule has 2 saturated carbocycles. The molecule has 0 radical (unpaired) electrons. The molecular weight excluding hydrogens is 156 g/mol. The first kappa shape index (κ1) is 7.77. The molecule has 0 aromatic carbocycles. The number of rotatable bonds is 1. The fraction of sp³-hybridized carbons (Fsp3) is 1.00. The van der Waals surface area contributed by atoms with Gasteiger partial charge in [0.05, 0.1) is 12.2 Å². The highest BCUT2D eigenvalue weighted by atomic mass is 28.1. The molecule has 0 saturated heterocycles. The van der Waals surface area contributed by atoms with Gasteiger partial charge in [0.2, 0.25) is 0 Å². The molecule has 0 aromatic heterocycles. The van der Waals surface area contributed by atoms with E-state index in [0.29, 0.717) is 11.8 Å². The van der Waals surface area contributed by atoms with Gasteiger partial charge in [-0.25, -0.2) is 0 Å². The molecule has 0 amide bonds. The lowest BCUT2D eigenvalue weighted by molar-refractivity contribution is -0.0422. The second kappa shape index (κ2) is 2.57. The maximum atomic E-state index is 9.75. The van der Waals surface area contributed by atoms with Gasteiger partial charge in [-0.15, -0.1) is 0 Å². The molecule has 64 valence electrons. The van der Waals surface area contributed by atoms with Crippen LogP contribution in [0, 0.1) is 11.8 Å². The average molecular weight is 172 g/mol. The molecule has 2 rings (SSSR count). The zero-order valence-electron chi connectivity index (χ0n) is 7.16. The quantitative estimate of drug-likeness (QED) is 0.543. The Hall–Kier alpha value is 0.137. The van der Waals surface area contributed by atoms with Crippen LogP contribution in [-0.4, -0.2) is 34.7 Å². The highest BCUT2D eigenvalue weighted by molar-refractivity contribution is 6.12. The van der Waals surface area contributed by atoms with Crippen molar-refractivity contribution in [2.24, 2.45) is 11.8 Å². The van der Waals surface area contributed by atoms with Crippen LogP contribution in [0.5, 0.6) is 0 Å². The van der Waals surface area contributed by atoms with Crippen LogP contribution in [-0.2, 0) is 4.74 Å². The van der Waals surface area contributed by atoms with E-state index in [-0.39, 0.29) is 12.2 Å². The molecule has 2 nitrogen and oxygen atoms in total. The number of aliphatic hydroxyl groups excluding tert-OH is 1. The number of hydrogen-bond donors (Lipinski definition) is 1. The van der Waals surface area contributed by atoms with Crippen molar-refractivity contribution in [3.05, 3.63) is 0 Å². The molecule has 1 N–H and O–H groups in total. The second-order valence-electron chi connectivity index (χ2n) is 4.06. The van der Waals surface area contributed by atoms with E-state index in [1.165, 1.54) is 23.1 Å². The minimum absolute atomic E-state index is 0.152. The molecule has 0 aliphatic heterocycles. The van der Waals surface area contributed by atoms with Gasteiger partial charge in [0.25, 0.3) is 0 Å². The third kappa shape index (κ3) is 0.982. The number of aliphatic hydroxyl groups is 1. The van der Waals surface area contributed by atoms with Crippen molar-refractivity contribution in [1.29, 1.82) is 0 Å². The van der Waals surface area contributed by atoms with Crippen molar-refractivity contribution < 1.29 is 9.84 Å². The molecule has 0 aromatic rings. The molecule has 2 fully saturated rings. The summed E-state index contributed by atoms with van der Waals surface area (Å²) in [6.07, 6.45) is 2.53. The smallest absolute Gasteiger partial charge is 0.0861 e. The summed E-state index contributed by atoms with van der Waals surface area (Å²) < 4.78 is 5.27. The lowest BCUT2D eigenvalue weighted by Crippen LogP contribution is -2.36. The van der Waals surface area contributed by atoms with Gasteiger partial charge in [0.15, 0.2) is 0 Å². The average Bonchev–Trinajstić information content (AvgIpc) is 2.44. The molecule has 5 unspecified atom stereocenters. The Morgan fingerprint density at radius 2 is 2.18 bits per heavy atom. The van der Waals surface area contributed by atoms with Crippen molar-refractivity contribution in [3.8, 4) is 0 Å². The number of hydrogen-bond acceptors (Lipinski definition) is 2. The SMILES string of the molecule is COC1C2CC([SiH3])C(C2)C1O. The van der Waals surface area contributed by atoms with Gasteiger partial charge >= 0.3 is 0 Å². The highest BCUT2D eigenvalue weighted by Crippen LogP contribution is 2.51. The Morgan fingerprint density at radius 3 is 2.64 bits per heavy atom. The molecule has 3 heteroatoms. The van der Waals surface area contributed by atoms with Gasteiger partial charge in [-0.2, -0.15) is 0 Å². The monoisotopic (exact) mass is 172 g/mol. The third-order valence-electron chi connectivity index (χ3n) is 3.49. The summed E-state index contributed by atoms with van der Waals surface area (Å²) >= 11 is 0. The first-order chi connectivity index (χ1) is 5.24. The standard InChI is InChI=1S/C8H16O2Si/c1-10-8-4-2-5(7(8)9)6(11)3-4/h4-9H,2-3H2,1,11H3. The van der Waals surface area contributed by atoms with E-state index in [0.717, 1.165) is 5.54 Å². The lowest BCUT2D eigenvalue weighted by atomic mass is 9.94. The normalized spacial score (nSPS) is 55.6. The van der Waals surface area contributed by atoms with Crippen LogP contribution in [0.4, 0.5) is 0 Å². The predicted molar refractivity (Wildman–Crippen MR) is 46.7 cm³/mol. The van der Waals surface area contributed by atoms with E-state index in [2.05, 4.69) is 0 Å². The third-order valence-corrected chi connectivity index (χ3v) is 4.82. The van der Waals surface area contributed by atoms with Crippen molar-refractivity contribution in [1.82, 2.24) is 0 Å². The molecule has 2 aliphatic rings. The molecular formula is C8H16O2Si. The van der Waals surface area contributed by atoms with Crippen LogP contribution in [0.15, 0.2) is 0 Å². The van der Waals surface area contributed by atoms with Gasteiger partial charge in [-0.05, 0) is 30.2 Å². The van der Waals surface area contributed by atoms with Gasteiger partial charge < -0.3 is 9.84 Å². The zero-order valence-corrected chi connectivity index (χ0v) is 9.16. The molecule has 0 heterocycles. The molecule has 5 atom stereocenters. The van der Waals surface area contributed by atoms with Gasteiger partial charge in [-0.3, -0.25) is 0 Å². The number of fused-ring (bicyclic) bond motifs is 2. The van der Waals surface area contributed by atoms with Gasteiger partial charge in [0.1, 0.15) is 0 Å². The second-order valence-corrected chi connectivity index (χ2v) is 5.55. The molecule has 2 bridgehead atoms. The number of methoxy groups -OCH3 is 1. The molecule has 2 aliphatic carbocycles. The first-order valence-electron chi connectivity index (χ1n) is 4.45. The summed E-state index contributed by atoms with van der Waals surface area (Å²) in [6.45, 7) is 0. The highest BCUT2D eigenvalue weighted by Gasteiger charge is 2.50. The zero-order chi connectivity index (χ0) is 8.01. The summed E-state index contributed by atoms with van der Waals surface area (Å²) in [5, 5.41) is 9.75. The maximum absolute atomic E-state index is 9.75. The predicted octanol–water partition coefficient (Wildman–Crippen LogP) is -0.444. The van der Waals surface area contributed by atoms with E-state index < -0.39 is 0 Å². The van der Waals surface area contributed by atoms with Crippen LogP contribution in [0.1, 0.15) is 12.8 Å². The molecule has 11 heavy (non-hydrogen) atoms. The van der Waals surface area contributed by atoms with Crippen molar-refractivity contribution in [3.63, 3.8) is 0 Å². The number of ether oxygens (including phenoxy) is 1. The summed E-state index contributed by atoms with van der Waals surface area (Å²) in [5.41, 5.74) is 0.849. The minimum Gasteiger partial charge on any atom is -0.390 e. The van der Waals surface area contributed by atoms with Crippen molar-refractivity contribution in [2.75, 3.05) is 7.11 Å². The fourth-order valence-electron chi connectivity index (χ4n) is 2.93. The van der Waals surface area contributed by atoms with E-state index in [1.54, 1.807) is 7.11 Å². The Morgan fingerprint density at radius 1 is 1.45 bits per heavy atom. The van der Waals surface area contributed by atoms with Crippen molar-refractivity contribution in [2.45, 2.75) is 30.6 Å². The lowest BCUT2D eigenvalue weighted by Gasteiger charge is -2.29. The Kier molecular flexibility index (Phi) is 1.82. The van der Waals surface area contributed by atoms with Gasteiger partial charge in [-0.1, -0.05) is 0 Å². The van der Waals surface area contributed by atoms with Crippen LogP contribution in [0.3, 0.4) is 0 Å². The van der Waals surface area contributed by atoms with Crippen LogP contribution in [0.2, 0.25) is 5.54 Å². The van der Waals surface area contributed by atoms with E-state index >= 15 is 0 Å². The Bertz CT molecular complexity index is 158. The Balaban J connectivity index is 2.11. The van der Waals surface area contributed by atoms with E-state index in [4.69, 9.17) is 4.74 Å². The van der Waals surface area contributed by atoms with Gasteiger partial charge in [0, 0.05) is 17.4 Å². The van der Waals surface area contributed by atoms with E-state index in [1.807, 2.05) is 0 Å². The molecule has 0 spiro atoms. The summed E-state index contributed by atoms with van der Waals surface area (Å²) in [4.78, 5) is 0.